The molecule has 0 spiro atoms. The third-order valence-corrected chi connectivity index (χ3v) is 9.29. The van der Waals surface area contributed by atoms with Gasteiger partial charge in [0.25, 0.3) is 5.91 Å². The number of carbonyl (C=O) groups is 2. The molecule has 1 saturated heterocycles. The molecule has 1 aliphatic rings. The SMILES string of the molecule is CN(CCN1CCC(OC(=O)Nc2ccccc2-c2ccccc2)CC1)C(=O)c1ccc(CNC[C@H](O)c2ccc(O)c3[nH]c(=O)ccc23)cc1. The van der Waals surface area contributed by atoms with E-state index in [1.165, 1.54) is 12.1 Å². The molecule has 4 aromatic carbocycles. The van der Waals surface area contributed by atoms with Gasteiger partial charge in [0.2, 0.25) is 5.56 Å². The molecule has 0 unspecified atom stereocenters. The number of aromatic nitrogens is 1. The minimum Gasteiger partial charge on any atom is -0.506 e. The van der Waals surface area contributed by atoms with Gasteiger partial charge in [0, 0.05) is 68.9 Å². The first-order chi connectivity index (χ1) is 24.7. The number of aliphatic hydroxyl groups excluding tert-OH is 1. The molecule has 6 rings (SSSR count). The molecule has 5 aromatic rings. The molecule has 0 aliphatic carbocycles. The predicted octanol–water partition coefficient (Wildman–Crippen LogP) is 5.51. The lowest BCUT2D eigenvalue weighted by atomic mass is 10.0. The zero-order valence-electron chi connectivity index (χ0n) is 28.5. The van der Waals surface area contributed by atoms with E-state index in [0.717, 1.165) is 49.2 Å². The molecule has 0 radical (unpaired) electrons. The van der Waals surface area contributed by atoms with E-state index in [1.807, 2.05) is 78.9 Å². The fourth-order valence-corrected chi connectivity index (χ4v) is 6.39. The normalized spacial score (nSPS) is 14.2. The van der Waals surface area contributed by atoms with Crippen LogP contribution in [0, 0.1) is 0 Å². The van der Waals surface area contributed by atoms with Crippen molar-refractivity contribution >= 4 is 28.6 Å². The highest BCUT2D eigenvalue weighted by Crippen LogP contribution is 2.29. The Hall–Kier alpha value is -5.49. The minimum atomic E-state index is -0.861. The van der Waals surface area contributed by atoms with E-state index in [0.29, 0.717) is 40.8 Å². The number of H-pyrrole nitrogens is 1. The maximum Gasteiger partial charge on any atom is 0.411 e. The number of amides is 2. The molecule has 5 N–H and O–H groups in total. The van der Waals surface area contributed by atoms with Gasteiger partial charge in [0.1, 0.15) is 11.9 Å². The quantitative estimate of drug-likeness (QED) is 0.115. The van der Waals surface area contributed by atoms with Crippen molar-refractivity contribution in [2.75, 3.05) is 45.1 Å². The second kappa shape index (κ2) is 16.5. The standard InChI is InChI=1S/C40H43N5O6/c1-44(23-24-45-21-19-30(20-22-45)51-40(50)42-34-10-6-5-9-31(34)28-7-3-2-4-8-28)39(49)29-13-11-27(12-14-29)25-41-26-36(47)32-15-17-35(46)38-33(32)16-18-37(48)43-38/h2-18,30,36,41,46-47H,19-26H2,1H3,(H,42,50)(H,43,48)/t36-/m0/s1. The van der Waals surface area contributed by atoms with Crippen LogP contribution in [0.25, 0.3) is 22.0 Å². The van der Waals surface area contributed by atoms with Crippen LogP contribution in [-0.2, 0) is 11.3 Å². The zero-order valence-corrected chi connectivity index (χ0v) is 28.5. The number of carbonyl (C=O) groups excluding carboxylic acids is 2. The smallest absolute Gasteiger partial charge is 0.411 e. The van der Waals surface area contributed by atoms with Crippen LogP contribution in [0.1, 0.15) is 40.4 Å². The van der Waals surface area contributed by atoms with Gasteiger partial charge in [0.05, 0.1) is 17.3 Å². The van der Waals surface area contributed by atoms with Crippen LogP contribution in [0.5, 0.6) is 5.75 Å². The molecular weight excluding hydrogens is 646 g/mol. The van der Waals surface area contributed by atoms with Gasteiger partial charge in [-0.15, -0.1) is 0 Å². The van der Waals surface area contributed by atoms with Crippen molar-refractivity contribution in [3.63, 3.8) is 0 Å². The highest BCUT2D eigenvalue weighted by Gasteiger charge is 2.23. The number of fused-ring (bicyclic) bond motifs is 1. The number of benzene rings is 4. The Bertz CT molecular complexity index is 2010. The van der Waals surface area contributed by atoms with Crippen molar-refractivity contribution in [3.05, 3.63) is 130 Å². The van der Waals surface area contributed by atoms with E-state index in [2.05, 4.69) is 20.5 Å². The Labute approximate surface area is 296 Å². The number of aromatic hydroxyl groups is 1. The number of hydrogen-bond acceptors (Lipinski definition) is 8. The lowest BCUT2D eigenvalue weighted by Gasteiger charge is -2.32. The topological polar surface area (TPSA) is 147 Å². The Balaban J connectivity index is 0.907. The molecular formula is C40H43N5O6. The van der Waals surface area contributed by atoms with Gasteiger partial charge in [-0.1, -0.05) is 66.7 Å². The number of ether oxygens (including phenoxy) is 1. The highest BCUT2D eigenvalue weighted by molar-refractivity contribution is 5.94. The molecule has 1 aromatic heterocycles. The second-order valence-corrected chi connectivity index (χ2v) is 12.8. The first-order valence-electron chi connectivity index (χ1n) is 17.2. The van der Waals surface area contributed by atoms with Crippen LogP contribution in [-0.4, -0.2) is 82.9 Å². The van der Waals surface area contributed by atoms with Crippen molar-refractivity contribution in [2.24, 2.45) is 0 Å². The number of anilines is 1. The van der Waals surface area contributed by atoms with E-state index >= 15 is 0 Å². The summed E-state index contributed by atoms with van der Waals surface area (Å²) in [4.78, 5) is 44.2. The molecule has 11 heteroatoms. The number of likely N-dealkylation sites (N-methyl/N-ethyl adjacent to an activating group) is 1. The number of nitrogens with one attached hydrogen (secondary N) is 3. The summed E-state index contributed by atoms with van der Waals surface area (Å²) in [5.41, 5.74) is 4.78. The average molecular weight is 690 g/mol. The number of nitrogens with zero attached hydrogens (tertiary/aromatic N) is 2. The summed E-state index contributed by atoms with van der Waals surface area (Å²) in [6, 6.07) is 31.0. The molecule has 1 aliphatic heterocycles. The first-order valence-corrected chi connectivity index (χ1v) is 17.2. The van der Waals surface area contributed by atoms with Gasteiger partial charge in [0.15, 0.2) is 0 Å². The lowest BCUT2D eigenvalue weighted by Crippen LogP contribution is -2.42. The van der Waals surface area contributed by atoms with Crippen LogP contribution in [0.3, 0.4) is 0 Å². The fourth-order valence-electron chi connectivity index (χ4n) is 6.39. The lowest BCUT2D eigenvalue weighted by molar-refractivity contribution is 0.0540. The van der Waals surface area contributed by atoms with Crippen LogP contribution in [0.2, 0.25) is 0 Å². The van der Waals surface area contributed by atoms with E-state index in [1.54, 1.807) is 24.1 Å². The number of aromatic amines is 1. The van der Waals surface area contributed by atoms with Gasteiger partial charge in [-0.2, -0.15) is 0 Å². The summed E-state index contributed by atoms with van der Waals surface area (Å²) < 4.78 is 5.77. The Morgan fingerprint density at radius 2 is 1.67 bits per heavy atom. The zero-order chi connectivity index (χ0) is 35.7. The monoisotopic (exact) mass is 689 g/mol. The summed E-state index contributed by atoms with van der Waals surface area (Å²) >= 11 is 0. The highest BCUT2D eigenvalue weighted by atomic mass is 16.6. The van der Waals surface area contributed by atoms with Crippen molar-refractivity contribution in [2.45, 2.75) is 31.6 Å². The maximum absolute atomic E-state index is 13.1. The van der Waals surface area contributed by atoms with Crippen LogP contribution in [0.15, 0.2) is 108 Å². The number of aliphatic hydroxyl groups is 1. The molecule has 264 valence electrons. The summed E-state index contributed by atoms with van der Waals surface area (Å²) in [6.07, 6.45) is -0.0295. The number of phenols is 1. The van der Waals surface area contributed by atoms with Gasteiger partial charge < -0.3 is 35.1 Å². The number of phenolic OH excluding ortho intramolecular Hbond substituents is 1. The second-order valence-electron chi connectivity index (χ2n) is 12.8. The van der Waals surface area contributed by atoms with Gasteiger partial charge in [-0.3, -0.25) is 14.9 Å². The molecule has 0 saturated carbocycles. The van der Waals surface area contributed by atoms with E-state index in [9.17, 15) is 24.6 Å². The molecule has 1 fully saturated rings. The van der Waals surface area contributed by atoms with E-state index < -0.39 is 12.2 Å². The van der Waals surface area contributed by atoms with Crippen molar-refractivity contribution in [1.82, 2.24) is 20.1 Å². The number of likely N-dealkylation sites (tertiary alicyclic amines) is 1. The number of pyridine rings is 1. The predicted molar refractivity (Wildman–Crippen MR) is 198 cm³/mol. The van der Waals surface area contributed by atoms with Crippen molar-refractivity contribution in [1.29, 1.82) is 0 Å². The molecule has 51 heavy (non-hydrogen) atoms. The fraction of sp³-hybridized carbons (Fsp3) is 0.275. The Morgan fingerprint density at radius 3 is 2.43 bits per heavy atom. The molecule has 11 nitrogen and oxygen atoms in total. The third kappa shape index (κ3) is 9.01. The summed E-state index contributed by atoms with van der Waals surface area (Å²) in [5, 5.41) is 27.6. The van der Waals surface area contributed by atoms with Gasteiger partial charge >= 0.3 is 6.09 Å². The van der Waals surface area contributed by atoms with Crippen molar-refractivity contribution in [3.8, 4) is 16.9 Å². The number of para-hydroxylation sites is 1. The average Bonchev–Trinajstić information content (AvgIpc) is 3.15. The number of rotatable bonds is 12. The van der Waals surface area contributed by atoms with Crippen molar-refractivity contribution < 1.29 is 24.5 Å². The third-order valence-electron chi connectivity index (χ3n) is 9.29. The van der Waals surface area contributed by atoms with Crippen LogP contribution < -0.4 is 16.2 Å². The maximum atomic E-state index is 13.1. The number of piperidine rings is 1. The summed E-state index contributed by atoms with van der Waals surface area (Å²) in [6.45, 7) is 3.59. The molecule has 0 bridgehead atoms. The molecule has 2 amide bonds. The molecule has 1 atom stereocenters. The summed E-state index contributed by atoms with van der Waals surface area (Å²) in [7, 11) is 1.80. The van der Waals surface area contributed by atoms with Crippen LogP contribution in [0.4, 0.5) is 10.5 Å². The van der Waals surface area contributed by atoms with E-state index in [4.69, 9.17) is 4.74 Å². The van der Waals surface area contributed by atoms with E-state index in [-0.39, 0.29) is 29.9 Å². The Kier molecular flexibility index (Phi) is 11.4. The summed E-state index contributed by atoms with van der Waals surface area (Å²) in [5.74, 6) is -0.116. The molecule has 2 heterocycles. The minimum absolute atomic E-state index is 0.0534. The van der Waals surface area contributed by atoms with Gasteiger partial charge in [-0.05, 0) is 59.9 Å². The largest absolute Gasteiger partial charge is 0.506 e. The van der Waals surface area contributed by atoms with Crippen LogP contribution >= 0.6 is 0 Å². The Morgan fingerprint density at radius 1 is 0.941 bits per heavy atom. The first kappa shape index (κ1) is 35.3. The number of hydrogen-bond donors (Lipinski definition) is 5. The van der Waals surface area contributed by atoms with Gasteiger partial charge in [-0.25, -0.2) is 4.79 Å².